The molecule has 0 saturated carbocycles. The first-order valence-electron chi connectivity index (χ1n) is 10.5. The molecule has 0 aliphatic heterocycles. The lowest BCUT2D eigenvalue weighted by atomic mass is 10.2. The van der Waals surface area contributed by atoms with E-state index >= 15 is 0 Å². The molecular formula is C25H26N4O2S2. The van der Waals surface area contributed by atoms with Crippen LogP contribution in [0.2, 0.25) is 0 Å². The summed E-state index contributed by atoms with van der Waals surface area (Å²) in [5.74, 6) is 0.907. The number of carbonyl (C=O) groups is 1. The van der Waals surface area contributed by atoms with E-state index in [2.05, 4.69) is 47.3 Å². The van der Waals surface area contributed by atoms with Crippen LogP contribution in [0.3, 0.4) is 0 Å². The molecule has 2 aromatic heterocycles. The number of hydrogen-bond donors (Lipinski definition) is 2. The molecule has 1 amide bonds. The largest absolute Gasteiger partial charge is 0.376 e. The number of aromatic amines is 1. The Kier molecular flexibility index (Phi) is 6.58. The Morgan fingerprint density at radius 3 is 2.67 bits per heavy atom. The highest BCUT2D eigenvalue weighted by atomic mass is 32.2. The molecule has 8 heteroatoms. The van der Waals surface area contributed by atoms with Gasteiger partial charge in [-0.05, 0) is 50.1 Å². The number of thiophene rings is 1. The number of anilines is 2. The van der Waals surface area contributed by atoms with Gasteiger partial charge < -0.3 is 15.2 Å². The van der Waals surface area contributed by atoms with E-state index in [0.717, 1.165) is 11.4 Å². The maximum Gasteiger partial charge on any atom is 0.266 e. The van der Waals surface area contributed by atoms with E-state index < -0.39 is 0 Å². The molecule has 170 valence electrons. The molecule has 33 heavy (non-hydrogen) atoms. The van der Waals surface area contributed by atoms with Crippen molar-refractivity contribution in [3.8, 4) is 0 Å². The van der Waals surface area contributed by atoms with Gasteiger partial charge in [-0.3, -0.25) is 9.59 Å². The second-order valence-electron chi connectivity index (χ2n) is 8.17. The summed E-state index contributed by atoms with van der Waals surface area (Å²) in [5.41, 5.74) is 4.46. The average molecular weight is 479 g/mol. The third kappa shape index (κ3) is 4.82. The number of amides is 1. The number of H-pyrrole nitrogens is 1. The first-order chi connectivity index (χ1) is 15.7. The smallest absolute Gasteiger partial charge is 0.266 e. The standard InChI is InChI=1S/C25H26N4O2S2/c1-14-10-11-15(2)19(12-14)32-13-20-27-23(30)21-16(3)22(33-25(21)28-20)24(31)26-17-8-6-7-9-18(17)29(4)5/h6-12H,13H2,1-5H3,(H,26,31)(H,27,28,30). The Bertz CT molecular complexity index is 1410. The third-order valence-electron chi connectivity index (χ3n) is 5.40. The molecule has 0 bridgehead atoms. The third-order valence-corrected chi connectivity index (χ3v) is 7.75. The van der Waals surface area contributed by atoms with Gasteiger partial charge in [-0.1, -0.05) is 29.8 Å². The number of fused-ring (bicyclic) bond motifs is 1. The summed E-state index contributed by atoms with van der Waals surface area (Å²) in [6.45, 7) is 5.93. The summed E-state index contributed by atoms with van der Waals surface area (Å²) in [6, 6.07) is 13.9. The Morgan fingerprint density at radius 2 is 1.91 bits per heavy atom. The molecule has 0 fully saturated rings. The second kappa shape index (κ2) is 9.41. The number of nitrogens with one attached hydrogen (secondary N) is 2. The van der Waals surface area contributed by atoms with Crippen LogP contribution in [-0.4, -0.2) is 30.0 Å². The van der Waals surface area contributed by atoms with Gasteiger partial charge in [-0.25, -0.2) is 4.98 Å². The van der Waals surface area contributed by atoms with Crippen LogP contribution in [0.25, 0.3) is 10.2 Å². The van der Waals surface area contributed by atoms with Crippen molar-refractivity contribution in [2.75, 3.05) is 24.3 Å². The maximum atomic E-state index is 13.1. The Labute approximate surface area is 201 Å². The van der Waals surface area contributed by atoms with Gasteiger partial charge in [0.1, 0.15) is 10.7 Å². The van der Waals surface area contributed by atoms with Crippen molar-refractivity contribution in [1.29, 1.82) is 0 Å². The molecule has 0 saturated heterocycles. The molecule has 0 spiro atoms. The van der Waals surface area contributed by atoms with Crippen LogP contribution in [0, 0.1) is 20.8 Å². The molecule has 2 heterocycles. The van der Waals surface area contributed by atoms with E-state index in [-0.39, 0.29) is 11.5 Å². The molecule has 0 aliphatic carbocycles. The van der Waals surface area contributed by atoms with Crippen LogP contribution in [0.4, 0.5) is 11.4 Å². The number of nitrogens with zero attached hydrogens (tertiary/aromatic N) is 2. The number of aromatic nitrogens is 2. The molecule has 6 nitrogen and oxygen atoms in total. The SMILES string of the molecule is Cc1ccc(C)c(SCc2nc3sc(C(=O)Nc4ccccc4N(C)C)c(C)c3c(=O)[nH]2)c1. The lowest BCUT2D eigenvalue weighted by Gasteiger charge is -2.17. The highest BCUT2D eigenvalue weighted by molar-refractivity contribution is 7.98. The molecule has 0 atom stereocenters. The Hall–Kier alpha value is -3.10. The molecule has 2 N–H and O–H groups in total. The molecule has 0 unspecified atom stereocenters. The normalized spacial score (nSPS) is 11.1. The van der Waals surface area contributed by atoms with Crippen LogP contribution >= 0.6 is 23.1 Å². The molecule has 4 rings (SSSR count). The Morgan fingerprint density at radius 1 is 1.15 bits per heavy atom. The summed E-state index contributed by atoms with van der Waals surface area (Å²) in [7, 11) is 3.86. The number of para-hydroxylation sites is 2. The molecular weight excluding hydrogens is 452 g/mol. The number of thioether (sulfide) groups is 1. The van der Waals surface area contributed by atoms with E-state index in [1.165, 1.54) is 27.4 Å². The van der Waals surface area contributed by atoms with Gasteiger partial charge in [0.15, 0.2) is 0 Å². The summed E-state index contributed by atoms with van der Waals surface area (Å²) in [5, 5.41) is 3.47. The van der Waals surface area contributed by atoms with Crippen LogP contribution < -0.4 is 15.8 Å². The zero-order chi connectivity index (χ0) is 23.7. The first-order valence-corrected chi connectivity index (χ1v) is 12.3. The number of benzene rings is 2. The van der Waals surface area contributed by atoms with Gasteiger partial charge in [-0.15, -0.1) is 23.1 Å². The predicted octanol–water partition coefficient (Wildman–Crippen LogP) is 5.52. The topological polar surface area (TPSA) is 78.1 Å². The minimum absolute atomic E-state index is 0.210. The number of aryl methyl sites for hydroxylation is 3. The summed E-state index contributed by atoms with van der Waals surface area (Å²) in [4.78, 5) is 37.7. The molecule has 0 radical (unpaired) electrons. The first kappa shape index (κ1) is 23.1. The minimum atomic E-state index is -0.240. The molecule has 2 aromatic carbocycles. The summed E-state index contributed by atoms with van der Waals surface area (Å²) in [6.07, 6.45) is 0. The van der Waals surface area contributed by atoms with Gasteiger partial charge in [-0.2, -0.15) is 0 Å². The quantitative estimate of drug-likeness (QED) is 0.357. The summed E-state index contributed by atoms with van der Waals surface area (Å²) >= 11 is 2.90. The van der Waals surface area contributed by atoms with Crippen LogP contribution in [0.5, 0.6) is 0 Å². The van der Waals surface area contributed by atoms with Crippen molar-refractivity contribution in [3.63, 3.8) is 0 Å². The predicted molar refractivity (Wildman–Crippen MR) is 139 cm³/mol. The average Bonchev–Trinajstić information content (AvgIpc) is 3.11. The minimum Gasteiger partial charge on any atom is -0.376 e. The van der Waals surface area contributed by atoms with Crippen molar-refractivity contribution in [2.24, 2.45) is 0 Å². The number of carbonyl (C=O) groups excluding carboxylic acids is 1. The van der Waals surface area contributed by atoms with E-state index in [9.17, 15) is 9.59 Å². The van der Waals surface area contributed by atoms with Gasteiger partial charge in [0.05, 0.1) is 27.4 Å². The van der Waals surface area contributed by atoms with E-state index in [1.54, 1.807) is 18.7 Å². The van der Waals surface area contributed by atoms with Crippen molar-refractivity contribution < 1.29 is 4.79 Å². The van der Waals surface area contributed by atoms with Crippen LogP contribution in [0.1, 0.15) is 32.2 Å². The van der Waals surface area contributed by atoms with Gasteiger partial charge >= 0.3 is 0 Å². The Balaban J connectivity index is 1.62. The summed E-state index contributed by atoms with van der Waals surface area (Å²) < 4.78 is 0. The lowest BCUT2D eigenvalue weighted by Crippen LogP contribution is -2.16. The van der Waals surface area contributed by atoms with Gasteiger partial charge in [0, 0.05) is 19.0 Å². The van der Waals surface area contributed by atoms with Crippen LogP contribution in [-0.2, 0) is 5.75 Å². The van der Waals surface area contributed by atoms with Crippen molar-refractivity contribution in [2.45, 2.75) is 31.4 Å². The fourth-order valence-electron chi connectivity index (χ4n) is 3.63. The highest BCUT2D eigenvalue weighted by Crippen LogP contribution is 2.31. The number of rotatable bonds is 6. The maximum absolute atomic E-state index is 13.1. The lowest BCUT2D eigenvalue weighted by molar-refractivity contribution is 0.103. The van der Waals surface area contributed by atoms with E-state index in [1.807, 2.05) is 43.3 Å². The highest BCUT2D eigenvalue weighted by Gasteiger charge is 2.20. The fourth-order valence-corrected chi connectivity index (χ4v) is 5.72. The van der Waals surface area contributed by atoms with Gasteiger partial charge in [0.25, 0.3) is 11.5 Å². The zero-order valence-corrected chi connectivity index (χ0v) is 20.9. The van der Waals surface area contributed by atoms with Crippen molar-refractivity contribution >= 4 is 50.6 Å². The molecule has 0 aliphatic rings. The van der Waals surface area contributed by atoms with Crippen molar-refractivity contribution in [3.05, 3.63) is 80.2 Å². The fraction of sp³-hybridized carbons (Fsp3) is 0.240. The van der Waals surface area contributed by atoms with Gasteiger partial charge in [0.2, 0.25) is 0 Å². The van der Waals surface area contributed by atoms with Crippen molar-refractivity contribution in [1.82, 2.24) is 9.97 Å². The monoisotopic (exact) mass is 478 g/mol. The van der Waals surface area contributed by atoms with E-state index in [4.69, 9.17) is 0 Å². The van der Waals surface area contributed by atoms with Crippen LogP contribution in [0.15, 0.2) is 52.2 Å². The number of hydrogen-bond acceptors (Lipinski definition) is 6. The zero-order valence-electron chi connectivity index (χ0n) is 19.3. The van der Waals surface area contributed by atoms with E-state index in [0.29, 0.717) is 32.2 Å². The second-order valence-corrected chi connectivity index (χ2v) is 10.2. The molecule has 4 aromatic rings.